The molecule has 1 unspecified atom stereocenters. The van der Waals surface area contributed by atoms with E-state index >= 15 is 0 Å². The van der Waals surface area contributed by atoms with Gasteiger partial charge in [0.25, 0.3) is 0 Å². The molecule has 2 N–H and O–H groups in total. The van der Waals surface area contributed by atoms with E-state index in [2.05, 4.69) is 15.7 Å². The number of anilines is 1. The quantitative estimate of drug-likeness (QED) is 0.887. The highest BCUT2D eigenvalue weighted by atomic mass is 35.5. The lowest BCUT2D eigenvalue weighted by atomic mass is 10.1. The summed E-state index contributed by atoms with van der Waals surface area (Å²) in [5.74, 6) is 0.450. The van der Waals surface area contributed by atoms with Crippen LogP contribution in [0.25, 0.3) is 5.69 Å². The number of hydrogen-bond donors (Lipinski definition) is 2. The Hall–Kier alpha value is -1.56. The second kappa shape index (κ2) is 8.02. The van der Waals surface area contributed by atoms with Gasteiger partial charge in [-0.1, -0.05) is 24.6 Å². The Bertz CT molecular complexity index is 600. The molecule has 5 nitrogen and oxygen atoms in total. The summed E-state index contributed by atoms with van der Waals surface area (Å²) in [4.78, 5) is 12.0. The van der Waals surface area contributed by atoms with Gasteiger partial charge in [-0.3, -0.25) is 4.79 Å². The minimum atomic E-state index is -0.122. The first-order chi connectivity index (χ1) is 9.61. The molecule has 2 rings (SSSR count). The number of benzene rings is 1. The normalized spacial score (nSPS) is 11.6. The number of aromatic nitrogens is 2. The number of carbonyl (C=O) groups excluding carboxylic acids is 1. The molecule has 0 saturated heterocycles. The van der Waals surface area contributed by atoms with Crippen LogP contribution in [-0.2, 0) is 4.79 Å². The van der Waals surface area contributed by atoms with Crippen LogP contribution in [0.4, 0.5) is 5.82 Å². The summed E-state index contributed by atoms with van der Waals surface area (Å²) >= 11 is 5.97. The predicted molar refractivity (Wildman–Crippen MR) is 87.5 cm³/mol. The molecule has 0 bridgehead atoms. The second-order valence-electron chi connectivity index (χ2n) is 4.56. The van der Waals surface area contributed by atoms with E-state index < -0.39 is 0 Å². The van der Waals surface area contributed by atoms with Crippen molar-refractivity contribution in [1.82, 2.24) is 15.1 Å². The van der Waals surface area contributed by atoms with Crippen molar-refractivity contribution in [3.8, 4) is 5.69 Å². The molecule has 1 aromatic heterocycles. The van der Waals surface area contributed by atoms with Crippen LogP contribution in [0.3, 0.4) is 0 Å². The first-order valence-electron chi connectivity index (χ1n) is 6.37. The van der Waals surface area contributed by atoms with Crippen molar-refractivity contribution >= 4 is 35.7 Å². The number of hydrogen-bond acceptors (Lipinski definition) is 3. The third kappa shape index (κ3) is 4.46. The van der Waals surface area contributed by atoms with E-state index in [-0.39, 0.29) is 24.2 Å². The molecule has 1 heterocycles. The molecule has 2 aromatic rings. The number of nitrogens with zero attached hydrogens (tertiary/aromatic N) is 2. The highest BCUT2D eigenvalue weighted by Gasteiger charge is 2.14. The number of rotatable bonds is 5. The van der Waals surface area contributed by atoms with Crippen LogP contribution in [0.1, 0.15) is 6.92 Å². The topological polar surface area (TPSA) is 59.0 Å². The van der Waals surface area contributed by atoms with Crippen LogP contribution in [0.2, 0.25) is 5.02 Å². The molecule has 0 fully saturated rings. The molecule has 0 radical (unpaired) electrons. The molecule has 0 aliphatic carbocycles. The van der Waals surface area contributed by atoms with Crippen molar-refractivity contribution in [3.63, 3.8) is 0 Å². The van der Waals surface area contributed by atoms with E-state index in [0.29, 0.717) is 17.4 Å². The fourth-order valence-electron chi connectivity index (χ4n) is 1.86. The number of carbonyl (C=O) groups is 1. The monoisotopic (exact) mass is 328 g/mol. The largest absolute Gasteiger partial charge is 0.319 e. The van der Waals surface area contributed by atoms with E-state index in [0.717, 1.165) is 5.69 Å². The second-order valence-corrected chi connectivity index (χ2v) is 4.99. The lowest BCUT2D eigenvalue weighted by Crippen LogP contribution is -2.29. The maximum absolute atomic E-state index is 12.0. The summed E-state index contributed by atoms with van der Waals surface area (Å²) < 4.78 is 1.65. The Morgan fingerprint density at radius 1 is 1.43 bits per heavy atom. The molecule has 7 heteroatoms. The Labute approximate surface area is 135 Å². The Morgan fingerprint density at radius 3 is 2.86 bits per heavy atom. The van der Waals surface area contributed by atoms with Crippen LogP contribution >= 0.6 is 24.0 Å². The van der Waals surface area contributed by atoms with Gasteiger partial charge in [0, 0.05) is 23.6 Å². The number of amides is 1. The smallest absolute Gasteiger partial charge is 0.229 e. The molecule has 0 saturated carbocycles. The van der Waals surface area contributed by atoms with Crippen molar-refractivity contribution in [2.75, 3.05) is 18.9 Å². The summed E-state index contributed by atoms with van der Waals surface area (Å²) in [6.07, 6.45) is 1.64. The molecular formula is C14H18Cl2N4O. The van der Waals surface area contributed by atoms with Gasteiger partial charge in [-0.2, -0.15) is 5.10 Å². The van der Waals surface area contributed by atoms with Crippen molar-refractivity contribution < 1.29 is 4.79 Å². The van der Waals surface area contributed by atoms with Crippen LogP contribution in [0.15, 0.2) is 36.5 Å². The van der Waals surface area contributed by atoms with Crippen LogP contribution in [0.5, 0.6) is 0 Å². The summed E-state index contributed by atoms with van der Waals surface area (Å²) in [5.41, 5.74) is 0.805. The summed E-state index contributed by atoms with van der Waals surface area (Å²) in [5, 5.41) is 10.7. The van der Waals surface area contributed by atoms with Gasteiger partial charge < -0.3 is 10.6 Å². The van der Waals surface area contributed by atoms with Gasteiger partial charge in [0.15, 0.2) is 0 Å². The van der Waals surface area contributed by atoms with Crippen molar-refractivity contribution in [2.24, 2.45) is 5.92 Å². The van der Waals surface area contributed by atoms with Gasteiger partial charge in [0.1, 0.15) is 5.82 Å². The van der Waals surface area contributed by atoms with E-state index in [4.69, 9.17) is 11.6 Å². The zero-order chi connectivity index (χ0) is 14.5. The lowest BCUT2D eigenvalue weighted by Gasteiger charge is -2.13. The van der Waals surface area contributed by atoms with Gasteiger partial charge in [-0.25, -0.2) is 4.68 Å². The maximum atomic E-state index is 12.0. The van der Waals surface area contributed by atoms with E-state index in [9.17, 15) is 4.79 Å². The van der Waals surface area contributed by atoms with Crippen molar-refractivity contribution in [3.05, 3.63) is 41.6 Å². The molecule has 0 aliphatic heterocycles. The molecule has 1 atom stereocenters. The fourth-order valence-corrected chi connectivity index (χ4v) is 2.04. The molecule has 0 spiro atoms. The predicted octanol–water partition coefficient (Wildman–Crippen LogP) is 2.74. The molecular weight excluding hydrogens is 311 g/mol. The van der Waals surface area contributed by atoms with Gasteiger partial charge in [-0.05, 0) is 25.2 Å². The molecule has 1 aromatic carbocycles. The summed E-state index contributed by atoms with van der Waals surface area (Å²) in [7, 11) is 1.82. The third-order valence-corrected chi connectivity index (χ3v) is 3.14. The van der Waals surface area contributed by atoms with Crippen molar-refractivity contribution in [2.45, 2.75) is 6.92 Å². The molecule has 0 aliphatic rings. The summed E-state index contributed by atoms with van der Waals surface area (Å²) in [6, 6.07) is 9.06. The first kappa shape index (κ1) is 17.5. The van der Waals surface area contributed by atoms with Gasteiger partial charge in [0.2, 0.25) is 5.91 Å². The minimum Gasteiger partial charge on any atom is -0.319 e. The highest BCUT2D eigenvalue weighted by Crippen LogP contribution is 2.18. The summed E-state index contributed by atoms with van der Waals surface area (Å²) in [6.45, 7) is 2.49. The number of halogens is 2. The zero-order valence-corrected chi connectivity index (χ0v) is 13.4. The van der Waals surface area contributed by atoms with Gasteiger partial charge in [-0.15, -0.1) is 12.4 Å². The maximum Gasteiger partial charge on any atom is 0.229 e. The highest BCUT2D eigenvalue weighted by molar-refractivity contribution is 6.30. The Morgan fingerprint density at radius 2 is 2.19 bits per heavy atom. The molecule has 114 valence electrons. The standard InChI is InChI=1S/C14H17ClN4O.ClH/c1-10(9-16-2)14(20)18-13-6-7-17-19(13)12-5-3-4-11(15)8-12;/h3-8,10,16H,9H2,1-2H3,(H,18,20);1H. The molecule has 21 heavy (non-hydrogen) atoms. The fraction of sp³-hybridized carbons (Fsp3) is 0.286. The van der Waals surface area contributed by atoms with Crippen LogP contribution in [0, 0.1) is 5.92 Å². The number of nitrogens with one attached hydrogen (secondary N) is 2. The average Bonchev–Trinajstić information content (AvgIpc) is 2.87. The Balaban J connectivity index is 0.00000220. The van der Waals surface area contributed by atoms with Crippen LogP contribution < -0.4 is 10.6 Å². The average molecular weight is 329 g/mol. The molecule has 1 amide bonds. The van der Waals surface area contributed by atoms with Gasteiger partial charge in [0.05, 0.1) is 11.9 Å². The van der Waals surface area contributed by atoms with E-state index in [1.165, 1.54) is 0 Å². The van der Waals surface area contributed by atoms with E-state index in [1.54, 1.807) is 29.1 Å². The Kier molecular flexibility index (Phi) is 6.68. The zero-order valence-electron chi connectivity index (χ0n) is 11.8. The third-order valence-electron chi connectivity index (χ3n) is 2.90. The van der Waals surface area contributed by atoms with Gasteiger partial charge >= 0.3 is 0 Å². The van der Waals surface area contributed by atoms with E-state index in [1.807, 2.05) is 26.1 Å². The lowest BCUT2D eigenvalue weighted by molar-refractivity contribution is -0.119. The van der Waals surface area contributed by atoms with Crippen LogP contribution in [-0.4, -0.2) is 29.3 Å². The SMILES string of the molecule is CNCC(C)C(=O)Nc1ccnn1-c1cccc(Cl)c1.Cl. The first-order valence-corrected chi connectivity index (χ1v) is 6.75. The minimum absolute atomic E-state index is 0. The van der Waals surface area contributed by atoms with Crippen molar-refractivity contribution in [1.29, 1.82) is 0 Å².